The van der Waals surface area contributed by atoms with Gasteiger partial charge in [0.1, 0.15) is 36.2 Å². The van der Waals surface area contributed by atoms with E-state index in [2.05, 4.69) is 20.6 Å². The molecule has 3 aliphatic rings. The molecule has 0 bridgehead atoms. The number of amides is 1. The lowest BCUT2D eigenvalue weighted by Gasteiger charge is -2.45. The highest BCUT2D eigenvalue weighted by Gasteiger charge is 2.48. The lowest BCUT2D eigenvalue weighted by Crippen LogP contribution is -2.65. The fraction of sp³-hybridized carbons (Fsp3) is 0.621. The van der Waals surface area contributed by atoms with Crippen molar-refractivity contribution in [3.05, 3.63) is 43.0 Å². The van der Waals surface area contributed by atoms with Crippen LogP contribution in [0.4, 0.5) is 0 Å². The van der Waals surface area contributed by atoms with Crippen molar-refractivity contribution < 1.29 is 24.9 Å². The van der Waals surface area contributed by atoms with Crippen molar-refractivity contribution in [1.29, 1.82) is 0 Å². The van der Waals surface area contributed by atoms with Crippen LogP contribution in [0.1, 0.15) is 39.0 Å². The molecule has 3 heterocycles. The van der Waals surface area contributed by atoms with Crippen molar-refractivity contribution in [2.45, 2.75) is 91.1 Å². The number of nitrogens with one attached hydrogen (secondary N) is 2. The van der Waals surface area contributed by atoms with Gasteiger partial charge in [-0.2, -0.15) is 0 Å². The third kappa shape index (κ3) is 8.14. The third-order valence-corrected chi connectivity index (χ3v) is 10.3. The van der Waals surface area contributed by atoms with E-state index in [4.69, 9.17) is 4.74 Å². The van der Waals surface area contributed by atoms with E-state index >= 15 is 0 Å². The van der Waals surface area contributed by atoms with Crippen LogP contribution in [0.15, 0.2) is 47.9 Å². The number of carbonyl (C=O) groups is 1. The number of halogens is 1. The summed E-state index contributed by atoms with van der Waals surface area (Å²) in [6, 6.07) is 7.10. The zero-order chi connectivity index (χ0) is 28.2. The van der Waals surface area contributed by atoms with Gasteiger partial charge in [0.05, 0.1) is 12.1 Å². The van der Waals surface area contributed by atoms with Crippen LogP contribution in [0.5, 0.6) is 0 Å². The molecule has 2 aromatic rings. The van der Waals surface area contributed by atoms with E-state index in [0.29, 0.717) is 5.92 Å². The highest BCUT2D eigenvalue weighted by molar-refractivity contribution is 8.00. The number of aliphatic hydroxyl groups excluding tert-OH is 3. The predicted octanol–water partition coefficient (Wildman–Crippen LogP) is 2.87. The first kappa shape index (κ1) is 32.5. The summed E-state index contributed by atoms with van der Waals surface area (Å²) in [5.41, 5.74) is 1.20. The first-order chi connectivity index (χ1) is 19.3. The number of carbonyl (C=O) groups excluding carboxylic acids is 1. The van der Waals surface area contributed by atoms with Crippen molar-refractivity contribution in [2.75, 3.05) is 12.8 Å². The van der Waals surface area contributed by atoms with E-state index in [1.165, 1.54) is 37.4 Å². The fourth-order valence-corrected chi connectivity index (χ4v) is 7.57. The Balaban J connectivity index is 0.00000387. The minimum absolute atomic E-state index is 0. The smallest absolute Gasteiger partial charge is 0.237 e. The molecule has 0 radical (unpaired) electrons. The van der Waals surface area contributed by atoms with Gasteiger partial charge in [0.15, 0.2) is 0 Å². The van der Waals surface area contributed by atoms with Gasteiger partial charge in [0.25, 0.3) is 0 Å². The molecule has 0 unspecified atom stereocenters. The standard InChI is InChI=1S/C29H40N4O5S2.ClH/c1-16(40-21-7-5-19(6-8-21)20-13-30-15-31-14-20)23(27-25(35)24(34)26(36)29(38-27)39-2)33-28(37)22-12-18(9-10-32-22)11-17-3-4-17;/h5-8,13-18,22-27,29,32,34-36H,3-4,9-12H2,1-2H3,(H,33,37);1H/t16-,18-,22-,23+,24-,25+,26+,27+,29+;/m0./s1. The zero-order valence-electron chi connectivity index (χ0n) is 23.3. The monoisotopic (exact) mass is 624 g/mol. The normalized spacial score (nSPS) is 31.5. The number of benzene rings is 1. The van der Waals surface area contributed by atoms with Crippen LogP contribution in [0, 0.1) is 11.8 Å². The van der Waals surface area contributed by atoms with Crippen LogP contribution in [-0.2, 0) is 9.53 Å². The summed E-state index contributed by atoms with van der Waals surface area (Å²) in [6.45, 7) is 2.80. The van der Waals surface area contributed by atoms with E-state index in [1.807, 2.05) is 31.2 Å². The molecule has 226 valence electrons. The first-order valence-corrected chi connectivity index (χ1v) is 16.3. The maximum Gasteiger partial charge on any atom is 0.237 e. The van der Waals surface area contributed by atoms with Crippen molar-refractivity contribution >= 4 is 41.8 Å². The number of ether oxygens (including phenoxy) is 1. The predicted molar refractivity (Wildman–Crippen MR) is 164 cm³/mol. The number of rotatable bonds is 10. The van der Waals surface area contributed by atoms with Gasteiger partial charge in [-0.1, -0.05) is 31.9 Å². The van der Waals surface area contributed by atoms with Gasteiger partial charge in [-0.05, 0) is 61.6 Å². The number of hydrogen-bond donors (Lipinski definition) is 5. The second-order valence-corrected chi connectivity index (χ2v) is 13.6. The molecule has 41 heavy (non-hydrogen) atoms. The Kier molecular flexibility index (Phi) is 11.7. The van der Waals surface area contributed by atoms with Gasteiger partial charge in [0.2, 0.25) is 5.91 Å². The van der Waals surface area contributed by atoms with Crippen LogP contribution in [0.2, 0.25) is 0 Å². The van der Waals surface area contributed by atoms with Gasteiger partial charge in [-0.3, -0.25) is 4.79 Å². The Morgan fingerprint density at radius 2 is 1.76 bits per heavy atom. The zero-order valence-corrected chi connectivity index (χ0v) is 25.8. The molecule has 2 saturated heterocycles. The summed E-state index contributed by atoms with van der Waals surface area (Å²) in [4.78, 5) is 22.8. The lowest BCUT2D eigenvalue weighted by atomic mass is 9.87. The maximum atomic E-state index is 13.6. The van der Waals surface area contributed by atoms with E-state index in [1.54, 1.807) is 30.4 Å². The van der Waals surface area contributed by atoms with Crippen molar-refractivity contribution in [3.8, 4) is 11.1 Å². The molecule has 3 fully saturated rings. The molecule has 1 saturated carbocycles. The second-order valence-electron chi connectivity index (χ2n) is 11.3. The first-order valence-electron chi connectivity index (χ1n) is 14.1. The van der Waals surface area contributed by atoms with Crippen molar-refractivity contribution in [1.82, 2.24) is 20.6 Å². The van der Waals surface area contributed by atoms with Gasteiger partial charge >= 0.3 is 0 Å². The molecule has 0 spiro atoms. The van der Waals surface area contributed by atoms with Gasteiger partial charge in [-0.25, -0.2) is 9.97 Å². The Morgan fingerprint density at radius 3 is 2.41 bits per heavy atom. The van der Waals surface area contributed by atoms with E-state index in [-0.39, 0.29) is 29.6 Å². The molecule has 2 aliphatic heterocycles. The summed E-state index contributed by atoms with van der Waals surface area (Å²) in [7, 11) is 0. The van der Waals surface area contributed by atoms with Crippen LogP contribution >= 0.6 is 35.9 Å². The molecule has 12 heteroatoms. The molecule has 9 nitrogen and oxygen atoms in total. The van der Waals surface area contributed by atoms with Crippen LogP contribution < -0.4 is 10.6 Å². The van der Waals surface area contributed by atoms with Gasteiger partial charge in [-0.15, -0.1) is 35.9 Å². The maximum absolute atomic E-state index is 13.6. The number of hydrogen-bond acceptors (Lipinski definition) is 10. The highest BCUT2D eigenvalue weighted by atomic mass is 35.5. The van der Waals surface area contributed by atoms with Crippen LogP contribution in [0.3, 0.4) is 0 Å². The van der Waals surface area contributed by atoms with Crippen molar-refractivity contribution in [3.63, 3.8) is 0 Å². The van der Waals surface area contributed by atoms with Crippen LogP contribution in [0.25, 0.3) is 11.1 Å². The number of thioether (sulfide) groups is 2. The van der Waals surface area contributed by atoms with Gasteiger partial charge < -0.3 is 30.7 Å². The molecule has 5 rings (SSSR count). The number of aromatic nitrogens is 2. The number of piperidine rings is 1. The average Bonchev–Trinajstić information content (AvgIpc) is 3.80. The average molecular weight is 625 g/mol. The SMILES string of the molecule is CS[C@H]1O[C@H]([C@H](NC(=O)[C@@H]2C[C@H](CC3CC3)CCN2)[C@H](C)Sc2ccc(-c3cncnc3)cc2)[C@H](O)[C@H](O)[C@H]1O.Cl. The highest BCUT2D eigenvalue weighted by Crippen LogP contribution is 2.39. The summed E-state index contributed by atoms with van der Waals surface area (Å²) >= 11 is 2.83. The third-order valence-electron chi connectivity index (χ3n) is 8.27. The van der Waals surface area contributed by atoms with Gasteiger partial charge in [0, 0.05) is 28.1 Å². The Labute approximate surface area is 256 Å². The Hall–Kier alpha value is -1.44. The topological polar surface area (TPSA) is 137 Å². The summed E-state index contributed by atoms with van der Waals surface area (Å²) < 4.78 is 6.14. The molecule has 5 N–H and O–H groups in total. The number of aliphatic hydroxyl groups is 3. The Bertz CT molecular complexity index is 1110. The van der Waals surface area contributed by atoms with Crippen molar-refractivity contribution in [2.24, 2.45) is 11.8 Å². The molecular weight excluding hydrogens is 584 g/mol. The largest absolute Gasteiger partial charge is 0.388 e. The number of nitrogens with zero attached hydrogens (tertiary/aromatic N) is 2. The summed E-state index contributed by atoms with van der Waals surface area (Å²) in [5.74, 6) is 1.24. The van der Waals surface area contributed by atoms with E-state index in [0.717, 1.165) is 41.3 Å². The summed E-state index contributed by atoms with van der Waals surface area (Å²) in [5, 5.41) is 38.4. The van der Waals surface area contributed by atoms with E-state index in [9.17, 15) is 20.1 Å². The molecule has 1 aromatic heterocycles. The lowest BCUT2D eigenvalue weighted by molar-refractivity contribution is -0.205. The molecule has 9 atom stereocenters. The molecular formula is C29H41ClN4O5S2. The Morgan fingerprint density at radius 1 is 1.05 bits per heavy atom. The van der Waals surface area contributed by atoms with E-state index < -0.39 is 35.9 Å². The second kappa shape index (κ2) is 14.8. The minimum Gasteiger partial charge on any atom is -0.388 e. The summed E-state index contributed by atoms with van der Waals surface area (Å²) in [6.07, 6.45) is 7.65. The quantitative estimate of drug-likeness (QED) is 0.251. The van der Waals surface area contributed by atoms with Crippen LogP contribution in [-0.4, -0.2) is 91.2 Å². The molecule has 1 aliphatic carbocycles. The molecule has 1 amide bonds. The molecule has 1 aromatic carbocycles. The minimum atomic E-state index is -1.38. The fourth-order valence-electron chi connectivity index (χ4n) is 5.79.